The minimum Gasteiger partial charge on any atom is -0.494 e. The molecular weight excluding hydrogens is 535 g/mol. The van der Waals surface area contributed by atoms with Gasteiger partial charge in [0, 0.05) is 3.57 Å². The van der Waals surface area contributed by atoms with Crippen molar-refractivity contribution in [3.05, 3.63) is 92.4 Å². The number of carbonyl (C=O) groups is 1. The maximum absolute atomic E-state index is 12.3. The number of nitrogens with zero attached hydrogens (tertiary/aromatic N) is 1. The first kappa shape index (κ1) is 22.4. The van der Waals surface area contributed by atoms with Gasteiger partial charge in [-0.05, 0) is 107 Å². The Morgan fingerprint density at radius 3 is 2.28 bits per heavy atom. The van der Waals surface area contributed by atoms with Crippen LogP contribution >= 0.6 is 34.4 Å². The molecule has 0 radical (unpaired) electrons. The predicted molar refractivity (Wildman–Crippen MR) is 138 cm³/mol. The van der Waals surface area contributed by atoms with Crippen LogP contribution in [0.15, 0.2) is 82.7 Å². The van der Waals surface area contributed by atoms with Gasteiger partial charge >= 0.3 is 0 Å². The highest BCUT2D eigenvalue weighted by atomic mass is 127. The molecule has 7 heteroatoms. The van der Waals surface area contributed by atoms with Crippen LogP contribution in [0.1, 0.15) is 18.1 Å². The first-order valence-corrected chi connectivity index (χ1v) is 12.0. The molecule has 3 aromatic carbocycles. The Labute approximate surface area is 205 Å². The van der Waals surface area contributed by atoms with Crippen molar-refractivity contribution in [2.75, 3.05) is 6.61 Å². The fourth-order valence-corrected chi connectivity index (χ4v) is 4.14. The number of aliphatic imine (C=N–C) groups is 1. The Kier molecular flexibility index (Phi) is 7.49. The van der Waals surface area contributed by atoms with Crippen LogP contribution in [0.5, 0.6) is 11.5 Å². The van der Waals surface area contributed by atoms with E-state index in [0.717, 1.165) is 28.3 Å². The van der Waals surface area contributed by atoms with E-state index in [2.05, 4.69) is 57.2 Å². The van der Waals surface area contributed by atoms with Crippen molar-refractivity contribution < 1.29 is 14.3 Å². The average Bonchev–Trinajstić information content (AvgIpc) is 3.14. The molecule has 3 aromatic rings. The lowest BCUT2D eigenvalue weighted by Gasteiger charge is -2.07. The maximum atomic E-state index is 12.3. The summed E-state index contributed by atoms with van der Waals surface area (Å²) in [7, 11) is 0. The minimum atomic E-state index is -0.154. The lowest BCUT2D eigenvalue weighted by atomic mass is 10.2. The van der Waals surface area contributed by atoms with Crippen LogP contribution < -0.4 is 14.8 Å². The summed E-state index contributed by atoms with van der Waals surface area (Å²) in [6.07, 6.45) is 1.85. The van der Waals surface area contributed by atoms with E-state index < -0.39 is 0 Å². The van der Waals surface area contributed by atoms with Crippen molar-refractivity contribution in [2.45, 2.75) is 13.5 Å². The Hall–Kier alpha value is -2.78. The molecule has 32 heavy (non-hydrogen) atoms. The number of benzene rings is 3. The van der Waals surface area contributed by atoms with Gasteiger partial charge in [0.1, 0.15) is 18.1 Å². The van der Waals surface area contributed by atoms with Gasteiger partial charge in [-0.2, -0.15) is 0 Å². The number of ether oxygens (including phenoxy) is 2. The number of halogens is 1. The molecule has 0 aliphatic carbocycles. The van der Waals surface area contributed by atoms with Crippen LogP contribution in [-0.4, -0.2) is 17.7 Å². The second-order valence-electron chi connectivity index (χ2n) is 6.89. The molecule has 162 valence electrons. The number of thioether (sulfide) groups is 1. The number of amidine groups is 1. The molecule has 1 fully saturated rings. The third kappa shape index (κ3) is 6.14. The SMILES string of the molecule is CCOc1ccc(N=C2NC(=O)/C(=C/c3ccc(OCc4ccc(I)cc4)cc3)S2)cc1. The normalized spacial score (nSPS) is 15.8. The highest BCUT2D eigenvalue weighted by Gasteiger charge is 2.23. The van der Waals surface area contributed by atoms with Crippen LogP contribution in [-0.2, 0) is 11.4 Å². The van der Waals surface area contributed by atoms with E-state index in [1.165, 1.54) is 15.3 Å². The lowest BCUT2D eigenvalue weighted by Crippen LogP contribution is -2.19. The van der Waals surface area contributed by atoms with Crippen LogP contribution in [0.4, 0.5) is 5.69 Å². The number of hydrogen-bond donors (Lipinski definition) is 1. The summed E-state index contributed by atoms with van der Waals surface area (Å²) in [6.45, 7) is 3.08. The van der Waals surface area contributed by atoms with E-state index in [4.69, 9.17) is 9.47 Å². The van der Waals surface area contributed by atoms with E-state index >= 15 is 0 Å². The van der Waals surface area contributed by atoms with Gasteiger partial charge < -0.3 is 14.8 Å². The summed E-state index contributed by atoms with van der Waals surface area (Å²) in [6, 6.07) is 23.4. The van der Waals surface area contributed by atoms with Crippen molar-refractivity contribution >= 4 is 57.2 Å². The lowest BCUT2D eigenvalue weighted by molar-refractivity contribution is -0.115. The first-order chi connectivity index (χ1) is 15.6. The van der Waals surface area contributed by atoms with Crippen molar-refractivity contribution in [3.8, 4) is 11.5 Å². The van der Waals surface area contributed by atoms with Gasteiger partial charge in [0.2, 0.25) is 0 Å². The van der Waals surface area contributed by atoms with Crippen molar-refractivity contribution in [3.63, 3.8) is 0 Å². The number of amides is 1. The highest BCUT2D eigenvalue weighted by molar-refractivity contribution is 14.1. The Balaban J connectivity index is 1.37. The van der Waals surface area contributed by atoms with Gasteiger partial charge in [0.25, 0.3) is 5.91 Å². The standard InChI is InChI=1S/C25H21IN2O3S/c1-2-30-21-13-9-20(10-14-21)27-25-28-24(29)23(32-25)15-17-5-11-22(12-6-17)31-16-18-3-7-19(26)8-4-18/h3-15H,2,16H2,1H3,(H,27,28,29)/b23-15-. The third-order valence-corrected chi connectivity index (χ3v) is 6.15. The number of hydrogen-bond acceptors (Lipinski definition) is 5. The summed E-state index contributed by atoms with van der Waals surface area (Å²) in [5.74, 6) is 1.43. The molecule has 1 saturated heterocycles. The second kappa shape index (κ2) is 10.7. The zero-order valence-electron chi connectivity index (χ0n) is 17.4. The molecule has 0 unspecified atom stereocenters. The zero-order valence-corrected chi connectivity index (χ0v) is 20.4. The summed E-state index contributed by atoms with van der Waals surface area (Å²) in [4.78, 5) is 17.4. The minimum absolute atomic E-state index is 0.154. The van der Waals surface area contributed by atoms with Crippen LogP contribution in [0.3, 0.4) is 0 Å². The topological polar surface area (TPSA) is 59.9 Å². The molecule has 5 nitrogen and oxygen atoms in total. The monoisotopic (exact) mass is 556 g/mol. The smallest absolute Gasteiger partial charge is 0.264 e. The molecule has 4 rings (SSSR count). The van der Waals surface area contributed by atoms with Crippen LogP contribution in [0, 0.1) is 3.57 Å². The Bertz CT molecular complexity index is 1140. The van der Waals surface area contributed by atoms with E-state index in [1.807, 2.05) is 61.5 Å². The van der Waals surface area contributed by atoms with Gasteiger partial charge in [0.15, 0.2) is 5.17 Å². The molecule has 0 aromatic heterocycles. The number of nitrogens with one attached hydrogen (secondary N) is 1. The Morgan fingerprint density at radius 1 is 0.938 bits per heavy atom. The molecular formula is C25H21IN2O3S. The predicted octanol–water partition coefficient (Wildman–Crippen LogP) is 6.16. The van der Waals surface area contributed by atoms with E-state index in [9.17, 15) is 4.79 Å². The fourth-order valence-electron chi connectivity index (χ4n) is 2.94. The maximum Gasteiger partial charge on any atom is 0.264 e. The fraction of sp³-hybridized carbons (Fsp3) is 0.120. The zero-order chi connectivity index (χ0) is 22.3. The molecule has 1 aliphatic rings. The largest absolute Gasteiger partial charge is 0.494 e. The quantitative estimate of drug-likeness (QED) is 0.280. The summed E-state index contributed by atoms with van der Waals surface area (Å²) in [5.41, 5.74) is 2.80. The van der Waals surface area contributed by atoms with Gasteiger partial charge in [-0.3, -0.25) is 4.79 Å². The van der Waals surface area contributed by atoms with Crippen molar-refractivity contribution in [1.82, 2.24) is 5.32 Å². The van der Waals surface area contributed by atoms with Gasteiger partial charge in [0.05, 0.1) is 17.2 Å². The van der Waals surface area contributed by atoms with Crippen molar-refractivity contribution in [1.29, 1.82) is 0 Å². The molecule has 1 amide bonds. The van der Waals surface area contributed by atoms with Gasteiger partial charge in [-0.15, -0.1) is 0 Å². The average molecular weight is 556 g/mol. The van der Waals surface area contributed by atoms with Crippen LogP contribution in [0.25, 0.3) is 6.08 Å². The van der Waals surface area contributed by atoms with Gasteiger partial charge in [-0.1, -0.05) is 24.3 Å². The van der Waals surface area contributed by atoms with Crippen LogP contribution in [0.2, 0.25) is 0 Å². The first-order valence-electron chi connectivity index (χ1n) is 10.1. The molecule has 0 spiro atoms. The number of rotatable bonds is 7. The summed E-state index contributed by atoms with van der Waals surface area (Å²) in [5, 5.41) is 3.37. The Morgan fingerprint density at radius 2 is 1.59 bits per heavy atom. The van der Waals surface area contributed by atoms with Crippen molar-refractivity contribution in [2.24, 2.45) is 4.99 Å². The van der Waals surface area contributed by atoms with E-state index in [-0.39, 0.29) is 5.91 Å². The third-order valence-electron chi connectivity index (χ3n) is 4.53. The summed E-state index contributed by atoms with van der Waals surface area (Å²) >= 11 is 3.61. The molecule has 0 atom stereocenters. The number of carbonyl (C=O) groups excluding carboxylic acids is 1. The van der Waals surface area contributed by atoms with E-state index in [1.54, 1.807) is 0 Å². The van der Waals surface area contributed by atoms with E-state index in [0.29, 0.717) is 23.3 Å². The highest BCUT2D eigenvalue weighted by Crippen LogP contribution is 2.29. The molecule has 1 heterocycles. The molecule has 1 aliphatic heterocycles. The second-order valence-corrected chi connectivity index (χ2v) is 9.17. The molecule has 0 saturated carbocycles. The molecule has 0 bridgehead atoms. The molecule has 1 N–H and O–H groups in total. The van der Waals surface area contributed by atoms with Gasteiger partial charge in [-0.25, -0.2) is 4.99 Å². The summed E-state index contributed by atoms with van der Waals surface area (Å²) < 4.78 is 12.5.